The van der Waals surface area contributed by atoms with E-state index in [9.17, 15) is 23.3 Å². The standard InChI is InChI=1S/C32H33F3N8O4/c1-19-12-14-42(15-13-19)31-39-29(37-24-7-5-6-20(2)21(24)3)38-30(40-31)41-36-18-22-8-10-27(28(16-22)46-4)47-26-11-9-23(32(33,34)35)17-25(26)43(44)45/h5-11,16-19H,12-15H2,1-4H3,(H2,37,38,39,40,41). The van der Waals surface area contributed by atoms with Crippen molar-refractivity contribution < 1.29 is 27.6 Å². The van der Waals surface area contributed by atoms with Gasteiger partial charge in [-0.2, -0.15) is 33.2 Å². The van der Waals surface area contributed by atoms with Crippen LogP contribution in [0.3, 0.4) is 0 Å². The smallest absolute Gasteiger partial charge is 0.416 e. The van der Waals surface area contributed by atoms with E-state index in [0.29, 0.717) is 35.5 Å². The number of benzene rings is 3. The minimum absolute atomic E-state index is 0.0561. The molecule has 0 bridgehead atoms. The maximum Gasteiger partial charge on any atom is 0.416 e. The molecule has 2 heterocycles. The van der Waals surface area contributed by atoms with Crippen LogP contribution in [0.2, 0.25) is 0 Å². The van der Waals surface area contributed by atoms with Gasteiger partial charge in [0.2, 0.25) is 23.6 Å². The number of alkyl halides is 3. The molecule has 0 amide bonds. The number of hydrazone groups is 1. The summed E-state index contributed by atoms with van der Waals surface area (Å²) in [4.78, 5) is 26.5. The molecule has 0 atom stereocenters. The molecule has 0 radical (unpaired) electrons. The van der Waals surface area contributed by atoms with Crippen molar-refractivity contribution in [1.29, 1.82) is 0 Å². The molecule has 47 heavy (non-hydrogen) atoms. The number of methoxy groups -OCH3 is 1. The van der Waals surface area contributed by atoms with E-state index in [-0.39, 0.29) is 23.2 Å². The number of piperidine rings is 1. The molecule has 1 fully saturated rings. The Labute approximate surface area is 268 Å². The number of anilines is 4. The molecule has 4 aromatic rings. The van der Waals surface area contributed by atoms with Crippen LogP contribution in [0.1, 0.15) is 42.0 Å². The summed E-state index contributed by atoms with van der Waals surface area (Å²) >= 11 is 0. The Morgan fingerprint density at radius 1 is 1.00 bits per heavy atom. The zero-order valence-corrected chi connectivity index (χ0v) is 26.1. The lowest BCUT2D eigenvalue weighted by atomic mass is 10.00. The lowest BCUT2D eigenvalue weighted by molar-refractivity contribution is -0.385. The van der Waals surface area contributed by atoms with Gasteiger partial charge in [0.25, 0.3) is 0 Å². The largest absolute Gasteiger partial charge is 0.493 e. The summed E-state index contributed by atoms with van der Waals surface area (Å²) < 4.78 is 50.3. The maximum atomic E-state index is 13.1. The Hall–Kier alpha value is -5.47. The molecular formula is C32H33F3N8O4. The zero-order chi connectivity index (χ0) is 33.7. The fourth-order valence-corrected chi connectivity index (χ4v) is 4.88. The van der Waals surface area contributed by atoms with E-state index in [1.165, 1.54) is 19.4 Å². The van der Waals surface area contributed by atoms with E-state index in [4.69, 9.17) is 9.47 Å². The van der Waals surface area contributed by atoms with E-state index < -0.39 is 22.4 Å². The average molecular weight is 651 g/mol. The van der Waals surface area contributed by atoms with Crippen LogP contribution in [0.5, 0.6) is 17.2 Å². The second kappa shape index (κ2) is 13.9. The minimum atomic E-state index is -4.75. The van der Waals surface area contributed by atoms with Crippen LogP contribution >= 0.6 is 0 Å². The normalized spacial score (nSPS) is 13.9. The molecule has 0 spiro atoms. The highest BCUT2D eigenvalue weighted by Crippen LogP contribution is 2.40. The van der Waals surface area contributed by atoms with E-state index in [1.54, 1.807) is 12.1 Å². The first-order valence-electron chi connectivity index (χ1n) is 14.8. The van der Waals surface area contributed by atoms with Gasteiger partial charge < -0.3 is 19.7 Å². The van der Waals surface area contributed by atoms with Crippen molar-refractivity contribution in [2.45, 2.75) is 39.8 Å². The van der Waals surface area contributed by atoms with Crippen molar-refractivity contribution in [2.75, 3.05) is 35.8 Å². The van der Waals surface area contributed by atoms with E-state index >= 15 is 0 Å². The Bertz CT molecular complexity index is 1790. The highest BCUT2D eigenvalue weighted by atomic mass is 19.4. The van der Waals surface area contributed by atoms with Crippen molar-refractivity contribution in [3.8, 4) is 17.2 Å². The monoisotopic (exact) mass is 650 g/mol. The van der Waals surface area contributed by atoms with E-state index in [2.05, 4.69) is 42.6 Å². The van der Waals surface area contributed by atoms with Gasteiger partial charge in [-0.15, -0.1) is 0 Å². The van der Waals surface area contributed by atoms with Crippen LogP contribution in [-0.2, 0) is 6.18 Å². The van der Waals surface area contributed by atoms with Crippen LogP contribution in [0.25, 0.3) is 0 Å². The van der Waals surface area contributed by atoms with Gasteiger partial charge in [0.1, 0.15) is 0 Å². The van der Waals surface area contributed by atoms with Crippen molar-refractivity contribution in [1.82, 2.24) is 15.0 Å². The van der Waals surface area contributed by atoms with Crippen molar-refractivity contribution in [2.24, 2.45) is 11.0 Å². The molecule has 2 N–H and O–H groups in total. The summed E-state index contributed by atoms with van der Waals surface area (Å²) in [6.45, 7) is 7.92. The SMILES string of the molecule is COc1cc(C=NNc2nc(Nc3cccc(C)c3C)nc(N3CCC(C)CC3)n2)ccc1Oc1ccc(C(F)(F)F)cc1[N+](=O)[O-]. The molecule has 12 nitrogen and oxygen atoms in total. The number of nitrogens with one attached hydrogen (secondary N) is 2. The number of hydrogen-bond acceptors (Lipinski definition) is 11. The Kier molecular flexibility index (Phi) is 9.72. The van der Waals surface area contributed by atoms with Gasteiger partial charge in [-0.25, -0.2) is 5.43 Å². The second-order valence-electron chi connectivity index (χ2n) is 11.1. The van der Waals surface area contributed by atoms with Gasteiger partial charge in [0, 0.05) is 24.8 Å². The van der Waals surface area contributed by atoms with Crippen LogP contribution in [0, 0.1) is 29.9 Å². The number of aryl methyl sites for hydroxylation is 1. The summed E-state index contributed by atoms with van der Waals surface area (Å²) in [5, 5.41) is 19.1. The first-order chi connectivity index (χ1) is 22.4. The van der Waals surface area contributed by atoms with Gasteiger partial charge in [-0.3, -0.25) is 10.1 Å². The maximum absolute atomic E-state index is 13.1. The third kappa shape index (κ3) is 8.04. The van der Waals surface area contributed by atoms with Crippen molar-refractivity contribution >= 4 is 35.4 Å². The number of nitrogens with zero attached hydrogens (tertiary/aromatic N) is 6. The first-order valence-corrected chi connectivity index (χ1v) is 14.8. The molecule has 0 unspecified atom stereocenters. The molecule has 1 aliphatic rings. The third-order valence-electron chi connectivity index (χ3n) is 7.81. The number of nitro benzene ring substituents is 1. The van der Waals surface area contributed by atoms with Crippen LogP contribution in [-0.4, -0.2) is 46.3 Å². The Morgan fingerprint density at radius 2 is 1.72 bits per heavy atom. The van der Waals surface area contributed by atoms with E-state index in [1.807, 2.05) is 32.0 Å². The van der Waals surface area contributed by atoms with Gasteiger partial charge in [-0.1, -0.05) is 19.1 Å². The molecule has 0 aliphatic carbocycles. The van der Waals surface area contributed by atoms with Gasteiger partial charge in [0.05, 0.1) is 23.8 Å². The number of halogens is 3. The lowest BCUT2D eigenvalue weighted by Crippen LogP contribution is -2.34. The predicted molar refractivity (Wildman–Crippen MR) is 172 cm³/mol. The van der Waals surface area contributed by atoms with Crippen molar-refractivity contribution in [3.05, 3.63) is 87.0 Å². The quantitative estimate of drug-likeness (QED) is 0.0999. The van der Waals surface area contributed by atoms with Gasteiger partial charge >= 0.3 is 11.9 Å². The molecular weight excluding hydrogens is 617 g/mol. The molecule has 1 aromatic heterocycles. The van der Waals surface area contributed by atoms with Gasteiger partial charge in [0.15, 0.2) is 11.5 Å². The fraction of sp³-hybridized carbons (Fsp3) is 0.312. The predicted octanol–water partition coefficient (Wildman–Crippen LogP) is 7.64. The zero-order valence-electron chi connectivity index (χ0n) is 26.1. The summed E-state index contributed by atoms with van der Waals surface area (Å²) in [6.07, 6.45) is -1.21. The molecule has 3 aromatic carbocycles. The Morgan fingerprint density at radius 3 is 2.43 bits per heavy atom. The number of nitro groups is 1. The molecule has 1 saturated heterocycles. The molecule has 15 heteroatoms. The molecule has 5 rings (SSSR count). The van der Waals surface area contributed by atoms with E-state index in [0.717, 1.165) is 48.8 Å². The number of rotatable bonds is 10. The average Bonchev–Trinajstić information content (AvgIpc) is 3.03. The highest BCUT2D eigenvalue weighted by molar-refractivity contribution is 5.81. The Balaban J connectivity index is 1.36. The van der Waals surface area contributed by atoms with Crippen LogP contribution in [0.4, 0.5) is 42.4 Å². The van der Waals surface area contributed by atoms with Crippen LogP contribution in [0.15, 0.2) is 59.7 Å². The summed E-state index contributed by atoms with van der Waals surface area (Å²) in [5.74, 6) is 1.59. The van der Waals surface area contributed by atoms with Crippen LogP contribution < -0.4 is 25.1 Å². The number of aromatic nitrogens is 3. The summed E-state index contributed by atoms with van der Waals surface area (Å²) in [5.41, 5.74) is 4.50. The lowest BCUT2D eigenvalue weighted by Gasteiger charge is -2.30. The molecule has 246 valence electrons. The number of hydrogen-bond donors (Lipinski definition) is 2. The topological polar surface area (TPSA) is 140 Å². The van der Waals surface area contributed by atoms with Crippen molar-refractivity contribution in [3.63, 3.8) is 0 Å². The fourth-order valence-electron chi connectivity index (χ4n) is 4.88. The summed E-state index contributed by atoms with van der Waals surface area (Å²) in [6, 6.07) is 12.6. The number of ether oxygens (including phenoxy) is 2. The second-order valence-corrected chi connectivity index (χ2v) is 11.1. The summed E-state index contributed by atoms with van der Waals surface area (Å²) in [7, 11) is 1.36. The highest BCUT2D eigenvalue weighted by Gasteiger charge is 2.33. The molecule has 0 saturated carbocycles. The minimum Gasteiger partial charge on any atom is -0.493 e. The molecule has 1 aliphatic heterocycles. The van der Waals surface area contributed by atoms with Gasteiger partial charge in [-0.05, 0) is 85.7 Å². The first kappa shape index (κ1) is 32.9. The third-order valence-corrected chi connectivity index (χ3v) is 7.81.